The van der Waals surface area contributed by atoms with Crippen LogP contribution in [-0.2, 0) is 9.59 Å². The van der Waals surface area contributed by atoms with E-state index in [0.717, 1.165) is 39.0 Å². The number of aryl methyl sites for hydroxylation is 1. The van der Waals surface area contributed by atoms with Crippen LogP contribution in [0, 0.1) is 12.3 Å². The molecule has 0 aliphatic carbocycles. The molecule has 1 atom stereocenters. The molecule has 2 aliphatic heterocycles. The number of likely N-dealkylation sites (tertiary alicyclic amines) is 1. The van der Waals surface area contributed by atoms with Gasteiger partial charge in [0.25, 0.3) is 0 Å². The van der Waals surface area contributed by atoms with E-state index in [9.17, 15) is 9.59 Å². The number of hydrogen-bond donors (Lipinski definition) is 2. The van der Waals surface area contributed by atoms with Crippen LogP contribution in [0.15, 0.2) is 10.6 Å². The normalized spacial score (nSPS) is 20.6. The van der Waals surface area contributed by atoms with Crippen LogP contribution >= 0.6 is 11.8 Å². The molecule has 0 radical (unpaired) electrons. The first kappa shape index (κ1) is 18.3. The van der Waals surface area contributed by atoms with E-state index in [0.29, 0.717) is 22.7 Å². The average molecular weight is 366 g/mol. The lowest BCUT2D eigenvalue weighted by molar-refractivity contribution is -0.130. The van der Waals surface area contributed by atoms with Gasteiger partial charge in [-0.1, -0.05) is 5.16 Å². The number of nitrogens with zero attached hydrogens (tertiary/aromatic N) is 2. The fraction of sp³-hybridized carbons (Fsp3) is 0.706. The summed E-state index contributed by atoms with van der Waals surface area (Å²) in [7, 11) is 0. The lowest BCUT2D eigenvalue weighted by Crippen LogP contribution is -2.44. The van der Waals surface area contributed by atoms with Gasteiger partial charge in [-0.15, -0.1) is 11.8 Å². The Balaban J connectivity index is 1.40. The van der Waals surface area contributed by atoms with E-state index in [4.69, 9.17) is 4.52 Å². The van der Waals surface area contributed by atoms with Crippen molar-refractivity contribution in [2.24, 2.45) is 5.41 Å². The molecule has 138 valence electrons. The van der Waals surface area contributed by atoms with Crippen LogP contribution in [0.25, 0.3) is 0 Å². The van der Waals surface area contributed by atoms with Crippen LogP contribution < -0.4 is 10.6 Å². The van der Waals surface area contributed by atoms with Crippen molar-refractivity contribution in [3.05, 3.63) is 11.8 Å². The molecule has 1 aromatic rings. The van der Waals surface area contributed by atoms with Gasteiger partial charge in [0.15, 0.2) is 5.82 Å². The first-order chi connectivity index (χ1) is 12.0. The molecule has 1 aromatic heterocycles. The minimum atomic E-state index is -0.323. The first-order valence-corrected chi connectivity index (χ1v) is 9.87. The Hall–Kier alpha value is -1.54. The van der Waals surface area contributed by atoms with Crippen LogP contribution in [0.4, 0.5) is 5.82 Å². The third kappa shape index (κ3) is 4.55. The summed E-state index contributed by atoms with van der Waals surface area (Å²) < 4.78 is 4.93. The summed E-state index contributed by atoms with van der Waals surface area (Å²) in [5, 5.41) is 9.56. The minimum absolute atomic E-state index is 0.128. The van der Waals surface area contributed by atoms with Gasteiger partial charge in [0.05, 0.1) is 11.0 Å². The SMILES string of the molecule is Cc1cc(NC(=O)C(C)SCC(=O)N2CCC3(CCNC3)CC2)no1. The Morgan fingerprint density at radius 3 is 2.80 bits per heavy atom. The topological polar surface area (TPSA) is 87.5 Å². The van der Waals surface area contributed by atoms with Crippen LogP contribution in [0.2, 0.25) is 0 Å². The molecule has 2 N–H and O–H groups in total. The van der Waals surface area contributed by atoms with Crippen molar-refractivity contribution in [2.45, 2.75) is 38.4 Å². The van der Waals surface area contributed by atoms with Crippen LogP contribution in [0.3, 0.4) is 0 Å². The highest BCUT2D eigenvalue weighted by Crippen LogP contribution is 2.37. The maximum atomic E-state index is 12.4. The van der Waals surface area contributed by atoms with E-state index in [2.05, 4.69) is 15.8 Å². The quantitative estimate of drug-likeness (QED) is 0.824. The number of hydrogen-bond acceptors (Lipinski definition) is 6. The summed E-state index contributed by atoms with van der Waals surface area (Å²) in [6.07, 6.45) is 3.39. The molecule has 25 heavy (non-hydrogen) atoms. The second kappa shape index (κ2) is 7.78. The highest BCUT2D eigenvalue weighted by Gasteiger charge is 2.38. The van der Waals surface area contributed by atoms with Gasteiger partial charge in [0.1, 0.15) is 5.76 Å². The van der Waals surface area contributed by atoms with E-state index in [1.165, 1.54) is 18.2 Å². The van der Waals surface area contributed by atoms with Gasteiger partial charge in [-0.2, -0.15) is 0 Å². The van der Waals surface area contributed by atoms with E-state index >= 15 is 0 Å². The molecule has 2 fully saturated rings. The Kier molecular flexibility index (Phi) is 5.68. The molecule has 1 unspecified atom stereocenters. The highest BCUT2D eigenvalue weighted by atomic mass is 32.2. The fourth-order valence-electron chi connectivity index (χ4n) is 3.47. The number of anilines is 1. The number of amides is 2. The number of aromatic nitrogens is 1. The summed E-state index contributed by atoms with van der Waals surface area (Å²) >= 11 is 1.36. The number of piperidine rings is 1. The van der Waals surface area contributed by atoms with Gasteiger partial charge in [-0.3, -0.25) is 9.59 Å². The fourth-order valence-corrected chi connectivity index (χ4v) is 4.25. The average Bonchev–Trinajstić information content (AvgIpc) is 3.22. The van der Waals surface area contributed by atoms with Gasteiger partial charge in [0, 0.05) is 25.7 Å². The maximum absolute atomic E-state index is 12.4. The van der Waals surface area contributed by atoms with Crippen LogP contribution in [0.1, 0.15) is 31.9 Å². The molecule has 8 heteroatoms. The lowest BCUT2D eigenvalue weighted by atomic mass is 9.78. The second-order valence-corrected chi connectivity index (χ2v) is 8.40. The Morgan fingerprint density at radius 2 is 2.20 bits per heavy atom. The predicted molar refractivity (Wildman–Crippen MR) is 97.5 cm³/mol. The number of thioether (sulfide) groups is 1. The smallest absolute Gasteiger partial charge is 0.238 e. The molecule has 2 amide bonds. The van der Waals surface area contributed by atoms with E-state index in [1.54, 1.807) is 19.9 Å². The highest BCUT2D eigenvalue weighted by molar-refractivity contribution is 8.01. The van der Waals surface area contributed by atoms with Crippen molar-refractivity contribution < 1.29 is 14.1 Å². The summed E-state index contributed by atoms with van der Waals surface area (Å²) in [6.45, 7) is 7.42. The number of carbonyl (C=O) groups excluding carboxylic acids is 2. The van der Waals surface area contributed by atoms with Crippen molar-refractivity contribution >= 4 is 29.4 Å². The van der Waals surface area contributed by atoms with Gasteiger partial charge < -0.3 is 20.1 Å². The Labute approximate surface area is 152 Å². The lowest BCUT2D eigenvalue weighted by Gasteiger charge is -2.39. The van der Waals surface area contributed by atoms with Crippen LogP contribution in [0.5, 0.6) is 0 Å². The molecule has 3 rings (SSSR count). The third-order valence-electron chi connectivity index (χ3n) is 5.21. The molecule has 1 spiro atoms. The molecule has 3 heterocycles. The van der Waals surface area contributed by atoms with Gasteiger partial charge in [-0.05, 0) is 45.1 Å². The zero-order chi connectivity index (χ0) is 17.9. The molecule has 7 nitrogen and oxygen atoms in total. The number of rotatable bonds is 5. The number of nitrogens with one attached hydrogen (secondary N) is 2. The molecular weight excluding hydrogens is 340 g/mol. The zero-order valence-corrected chi connectivity index (χ0v) is 15.7. The standard InChI is InChI=1S/C17H26N4O3S/c1-12-9-14(20-24-12)19-16(23)13(2)25-10-15(22)21-7-4-17(5-8-21)3-6-18-11-17/h9,13,18H,3-8,10-11H2,1-2H3,(H,19,20,23). The molecule has 2 aliphatic rings. The third-order valence-corrected chi connectivity index (χ3v) is 6.34. The molecule has 0 bridgehead atoms. The molecular formula is C17H26N4O3S. The van der Waals surface area contributed by atoms with Crippen molar-refractivity contribution in [2.75, 3.05) is 37.2 Å². The first-order valence-electron chi connectivity index (χ1n) is 8.82. The van der Waals surface area contributed by atoms with E-state index < -0.39 is 0 Å². The summed E-state index contributed by atoms with van der Waals surface area (Å²) in [5.41, 5.74) is 0.410. The van der Waals surface area contributed by atoms with Gasteiger partial charge in [-0.25, -0.2) is 0 Å². The van der Waals surface area contributed by atoms with Crippen molar-refractivity contribution in [3.63, 3.8) is 0 Å². The Bertz CT molecular complexity index is 617. The molecule has 2 saturated heterocycles. The monoisotopic (exact) mass is 366 g/mol. The minimum Gasteiger partial charge on any atom is -0.360 e. The van der Waals surface area contributed by atoms with Gasteiger partial charge >= 0.3 is 0 Å². The molecule has 0 aromatic carbocycles. The second-order valence-electron chi connectivity index (χ2n) is 7.07. The van der Waals surface area contributed by atoms with Crippen LogP contribution in [-0.4, -0.2) is 59.1 Å². The summed E-state index contributed by atoms with van der Waals surface area (Å²) in [6, 6.07) is 1.67. The van der Waals surface area contributed by atoms with Gasteiger partial charge in [0.2, 0.25) is 11.8 Å². The largest absolute Gasteiger partial charge is 0.360 e. The zero-order valence-electron chi connectivity index (χ0n) is 14.8. The van der Waals surface area contributed by atoms with Crippen molar-refractivity contribution in [3.8, 4) is 0 Å². The van der Waals surface area contributed by atoms with E-state index in [-0.39, 0.29) is 17.1 Å². The van der Waals surface area contributed by atoms with E-state index in [1.807, 2.05) is 4.90 Å². The Morgan fingerprint density at radius 1 is 1.44 bits per heavy atom. The summed E-state index contributed by atoms with van der Waals surface area (Å²) in [5.74, 6) is 1.35. The van der Waals surface area contributed by atoms with Crippen molar-refractivity contribution in [1.29, 1.82) is 0 Å². The number of carbonyl (C=O) groups is 2. The summed E-state index contributed by atoms with van der Waals surface area (Å²) in [4.78, 5) is 26.5. The predicted octanol–water partition coefficient (Wildman–Crippen LogP) is 1.65. The maximum Gasteiger partial charge on any atom is 0.238 e. The molecule has 0 saturated carbocycles. The van der Waals surface area contributed by atoms with Crippen molar-refractivity contribution in [1.82, 2.24) is 15.4 Å².